The monoisotopic (exact) mass is 806 g/mol. The Balaban J connectivity index is 1.06. The Hall–Kier alpha value is -7.72. The van der Waals surface area contributed by atoms with Gasteiger partial charge in [-0.25, -0.2) is 9.97 Å². The Morgan fingerprint density at radius 2 is 0.871 bits per heavy atom. The van der Waals surface area contributed by atoms with Crippen LogP contribution in [-0.2, 0) is 5.41 Å². The van der Waals surface area contributed by atoms with Crippen molar-refractivity contribution < 1.29 is 0 Å². The Labute approximate surface area is 365 Å². The lowest BCUT2D eigenvalue weighted by Crippen LogP contribution is -2.29. The van der Waals surface area contributed by atoms with E-state index in [1.54, 1.807) is 0 Å². The molecule has 0 N–H and O–H groups in total. The van der Waals surface area contributed by atoms with Gasteiger partial charge in [0.25, 0.3) is 0 Å². The Morgan fingerprint density at radius 3 is 1.66 bits per heavy atom. The molecule has 0 bridgehead atoms. The first-order valence-electron chi connectivity index (χ1n) is 21.2. The Kier molecular flexibility index (Phi) is 8.62. The molecule has 0 unspecified atom stereocenters. The van der Waals surface area contributed by atoms with Crippen molar-refractivity contribution in [3.05, 3.63) is 253 Å². The third-order valence-corrected chi connectivity index (χ3v) is 13.8. The SMILES string of the molecule is c1ccc(-c2nc(-c3cccc(-c4cccc5c4C(c4ccccc4)(c4ccccc4)c4ccccc4-5)c3)cc(-c3ccccc3-c3cccc4c3sc3ccccc34)n2)cc1. The van der Waals surface area contributed by atoms with Crippen LogP contribution in [0.5, 0.6) is 0 Å². The van der Waals surface area contributed by atoms with Gasteiger partial charge in [-0.3, -0.25) is 0 Å². The van der Waals surface area contributed by atoms with Crippen LogP contribution in [0.15, 0.2) is 231 Å². The summed E-state index contributed by atoms with van der Waals surface area (Å²) in [5.74, 6) is 0.696. The fourth-order valence-electron chi connectivity index (χ4n) is 9.94. The summed E-state index contributed by atoms with van der Waals surface area (Å²) in [5.41, 5.74) is 16.7. The van der Waals surface area contributed by atoms with Crippen LogP contribution in [0.2, 0.25) is 0 Å². The van der Waals surface area contributed by atoms with E-state index in [0.717, 1.165) is 39.2 Å². The van der Waals surface area contributed by atoms with Crippen LogP contribution in [0.4, 0.5) is 0 Å². The summed E-state index contributed by atoms with van der Waals surface area (Å²) in [6, 6.07) is 83.4. The second-order valence-electron chi connectivity index (χ2n) is 16.0. The molecule has 0 spiro atoms. The molecule has 290 valence electrons. The normalized spacial score (nSPS) is 12.6. The first-order valence-corrected chi connectivity index (χ1v) is 22.0. The second-order valence-corrected chi connectivity index (χ2v) is 17.0. The third kappa shape index (κ3) is 5.70. The maximum absolute atomic E-state index is 5.34. The van der Waals surface area contributed by atoms with Gasteiger partial charge >= 0.3 is 0 Å². The fraction of sp³-hybridized carbons (Fsp3) is 0.0169. The molecule has 62 heavy (non-hydrogen) atoms. The van der Waals surface area contributed by atoms with E-state index in [0.29, 0.717) is 5.82 Å². The van der Waals surface area contributed by atoms with Gasteiger partial charge in [-0.1, -0.05) is 212 Å². The smallest absolute Gasteiger partial charge is 0.160 e. The molecule has 2 aromatic heterocycles. The number of thiophene rings is 1. The topological polar surface area (TPSA) is 25.8 Å². The third-order valence-electron chi connectivity index (χ3n) is 12.6. The van der Waals surface area contributed by atoms with E-state index in [2.05, 4.69) is 224 Å². The Bertz CT molecular complexity index is 3420. The van der Waals surface area contributed by atoms with Gasteiger partial charge in [0.2, 0.25) is 0 Å². The highest BCUT2D eigenvalue weighted by Crippen LogP contribution is 2.58. The lowest BCUT2D eigenvalue weighted by molar-refractivity contribution is 0.770. The molecule has 0 amide bonds. The molecule has 2 heterocycles. The van der Waals surface area contributed by atoms with E-state index in [9.17, 15) is 0 Å². The highest BCUT2D eigenvalue weighted by molar-refractivity contribution is 7.26. The van der Waals surface area contributed by atoms with Crippen LogP contribution < -0.4 is 0 Å². The van der Waals surface area contributed by atoms with E-state index in [1.807, 2.05) is 17.4 Å². The van der Waals surface area contributed by atoms with Crippen molar-refractivity contribution in [2.75, 3.05) is 0 Å². The molecule has 9 aromatic carbocycles. The summed E-state index contributed by atoms with van der Waals surface area (Å²) in [6.07, 6.45) is 0. The molecular formula is C59H38N2S. The lowest BCUT2D eigenvalue weighted by Gasteiger charge is -2.35. The van der Waals surface area contributed by atoms with Gasteiger partial charge in [-0.15, -0.1) is 11.3 Å². The van der Waals surface area contributed by atoms with Gasteiger partial charge in [-0.05, 0) is 68.3 Å². The zero-order chi connectivity index (χ0) is 41.0. The summed E-state index contributed by atoms with van der Waals surface area (Å²) in [5, 5.41) is 2.57. The molecule has 0 radical (unpaired) electrons. The summed E-state index contributed by atoms with van der Waals surface area (Å²) < 4.78 is 2.58. The molecule has 0 fully saturated rings. The highest BCUT2D eigenvalue weighted by atomic mass is 32.1. The molecule has 1 aliphatic rings. The summed E-state index contributed by atoms with van der Waals surface area (Å²) in [4.78, 5) is 10.7. The number of benzene rings is 9. The van der Waals surface area contributed by atoms with Gasteiger partial charge in [-0.2, -0.15) is 0 Å². The molecule has 2 nitrogen and oxygen atoms in total. The summed E-state index contributed by atoms with van der Waals surface area (Å²) >= 11 is 1.86. The molecule has 0 saturated heterocycles. The largest absolute Gasteiger partial charge is 0.228 e. The van der Waals surface area contributed by atoms with E-state index >= 15 is 0 Å². The summed E-state index contributed by atoms with van der Waals surface area (Å²) in [6.45, 7) is 0. The highest BCUT2D eigenvalue weighted by Gasteiger charge is 2.47. The number of fused-ring (bicyclic) bond motifs is 6. The van der Waals surface area contributed by atoms with Crippen molar-refractivity contribution in [2.24, 2.45) is 0 Å². The van der Waals surface area contributed by atoms with Crippen molar-refractivity contribution in [1.82, 2.24) is 9.97 Å². The second kappa shape index (κ2) is 14.8. The predicted molar refractivity (Wildman–Crippen MR) is 259 cm³/mol. The lowest BCUT2D eigenvalue weighted by atomic mass is 9.66. The van der Waals surface area contributed by atoms with E-state index in [1.165, 1.54) is 64.7 Å². The van der Waals surface area contributed by atoms with Crippen LogP contribution in [0.1, 0.15) is 22.3 Å². The van der Waals surface area contributed by atoms with Gasteiger partial charge in [0, 0.05) is 42.4 Å². The molecule has 3 heteroatoms. The van der Waals surface area contributed by atoms with Crippen LogP contribution >= 0.6 is 11.3 Å². The minimum atomic E-state index is -0.523. The zero-order valence-electron chi connectivity index (χ0n) is 33.7. The van der Waals surface area contributed by atoms with Crippen molar-refractivity contribution >= 4 is 31.5 Å². The average molecular weight is 807 g/mol. The predicted octanol–water partition coefficient (Wildman–Crippen LogP) is 15.5. The Morgan fingerprint density at radius 1 is 0.339 bits per heavy atom. The molecule has 0 saturated carbocycles. The molecule has 0 aliphatic heterocycles. The van der Waals surface area contributed by atoms with Crippen molar-refractivity contribution in [3.8, 4) is 67.3 Å². The first-order chi connectivity index (χ1) is 30.8. The quantitative estimate of drug-likeness (QED) is 0.160. The molecule has 12 rings (SSSR count). The van der Waals surface area contributed by atoms with Crippen molar-refractivity contribution in [3.63, 3.8) is 0 Å². The van der Waals surface area contributed by atoms with Gasteiger partial charge < -0.3 is 0 Å². The number of nitrogens with zero attached hydrogens (tertiary/aromatic N) is 2. The minimum absolute atomic E-state index is 0.523. The molecule has 1 aliphatic carbocycles. The standard InChI is InChI=1S/C59H38N2S/c1-4-19-39(20-5-1)58-60-53(38-54(61-58)47-29-11-10-27-45(47)50-33-18-34-51-48-30-13-15-36-55(48)62-57(50)51)41-22-16-21-40(37-41)44-31-17-32-49-46-28-12-14-35-52(46)59(56(44)49,42-23-6-2-7-24-42)43-25-8-3-9-26-43/h1-38H. The molecule has 11 aromatic rings. The van der Waals surface area contributed by atoms with E-state index in [4.69, 9.17) is 9.97 Å². The van der Waals surface area contributed by atoms with Crippen molar-refractivity contribution in [2.45, 2.75) is 5.41 Å². The van der Waals surface area contributed by atoms with Crippen LogP contribution in [0.3, 0.4) is 0 Å². The van der Waals surface area contributed by atoms with Crippen LogP contribution in [0.25, 0.3) is 87.5 Å². The number of hydrogen-bond donors (Lipinski definition) is 0. The van der Waals surface area contributed by atoms with Crippen LogP contribution in [0, 0.1) is 0 Å². The first kappa shape index (κ1) is 36.2. The van der Waals surface area contributed by atoms with E-state index < -0.39 is 5.41 Å². The maximum Gasteiger partial charge on any atom is 0.160 e. The molecular weight excluding hydrogens is 769 g/mol. The fourth-order valence-corrected chi connectivity index (χ4v) is 11.2. The van der Waals surface area contributed by atoms with Crippen molar-refractivity contribution in [1.29, 1.82) is 0 Å². The van der Waals surface area contributed by atoms with Gasteiger partial charge in [0.05, 0.1) is 16.8 Å². The summed E-state index contributed by atoms with van der Waals surface area (Å²) in [7, 11) is 0. The average Bonchev–Trinajstić information content (AvgIpc) is 3.89. The van der Waals surface area contributed by atoms with Gasteiger partial charge in [0.15, 0.2) is 5.82 Å². The number of hydrogen-bond acceptors (Lipinski definition) is 3. The number of rotatable bonds is 7. The molecule has 0 atom stereocenters. The zero-order valence-corrected chi connectivity index (χ0v) is 34.6. The number of aromatic nitrogens is 2. The van der Waals surface area contributed by atoms with Gasteiger partial charge in [0.1, 0.15) is 0 Å². The van der Waals surface area contributed by atoms with E-state index in [-0.39, 0.29) is 0 Å². The minimum Gasteiger partial charge on any atom is -0.228 e. The van der Waals surface area contributed by atoms with Crippen LogP contribution in [-0.4, -0.2) is 9.97 Å². The maximum atomic E-state index is 5.34.